The molecule has 3 heterocycles. The molecule has 2 aromatic rings. The number of sulfonamides is 1. The van der Waals surface area contributed by atoms with Crippen LogP contribution in [0.4, 0.5) is 0 Å². The molecule has 0 saturated carbocycles. The molecule has 24 heavy (non-hydrogen) atoms. The highest BCUT2D eigenvalue weighted by Crippen LogP contribution is 2.18. The van der Waals surface area contributed by atoms with Gasteiger partial charge >= 0.3 is 0 Å². The van der Waals surface area contributed by atoms with Gasteiger partial charge in [0.15, 0.2) is 0 Å². The zero-order valence-electron chi connectivity index (χ0n) is 14.1. The van der Waals surface area contributed by atoms with Crippen LogP contribution in [0.2, 0.25) is 0 Å². The molecule has 3 rings (SSSR count). The van der Waals surface area contributed by atoms with Crippen molar-refractivity contribution in [2.75, 3.05) is 19.3 Å². The second kappa shape index (κ2) is 7.30. The SMILES string of the molecule is CCS(=O)(=O)N1CCCn2nc(CN(C)Cc3nccs3)cc2C1. The molecule has 0 amide bonds. The second-order valence-corrected chi connectivity index (χ2v) is 9.27. The summed E-state index contributed by atoms with van der Waals surface area (Å²) in [5.74, 6) is 0.143. The highest BCUT2D eigenvalue weighted by molar-refractivity contribution is 7.89. The predicted molar refractivity (Wildman–Crippen MR) is 94.0 cm³/mol. The van der Waals surface area contributed by atoms with Crippen LogP contribution in [-0.2, 0) is 36.2 Å². The molecule has 0 fully saturated rings. The zero-order valence-corrected chi connectivity index (χ0v) is 15.7. The Hall–Kier alpha value is -1.29. The maximum atomic E-state index is 12.2. The van der Waals surface area contributed by atoms with Crippen LogP contribution in [0, 0.1) is 0 Å². The fourth-order valence-corrected chi connectivity index (χ4v) is 4.68. The molecule has 0 N–H and O–H groups in total. The lowest BCUT2D eigenvalue weighted by Crippen LogP contribution is -2.32. The maximum Gasteiger partial charge on any atom is 0.214 e. The third-order valence-electron chi connectivity index (χ3n) is 4.11. The molecule has 0 aromatic carbocycles. The largest absolute Gasteiger partial charge is 0.294 e. The van der Waals surface area contributed by atoms with E-state index in [2.05, 4.69) is 15.0 Å². The quantitative estimate of drug-likeness (QED) is 0.772. The van der Waals surface area contributed by atoms with Crippen molar-refractivity contribution in [2.24, 2.45) is 0 Å². The Labute approximate surface area is 147 Å². The van der Waals surface area contributed by atoms with Crippen molar-refractivity contribution < 1.29 is 8.42 Å². The molecule has 0 aliphatic carbocycles. The van der Waals surface area contributed by atoms with Crippen LogP contribution in [0.25, 0.3) is 0 Å². The van der Waals surface area contributed by atoms with E-state index >= 15 is 0 Å². The van der Waals surface area contributed by atoms with E-state index < -0.39 is 10.0 Å². The molecular formula is C15H23N5O2S2. The van der Waals surface area contributed by atoms with Gasteiger partial charge in [0, 0.05) is 31.2 Å². The summed E-state index contributed by atoms with van der Waals surface area (Å²) in [7, 11) is -1.12. The summed E-state index contributed by atoms with van der Waals surface area (Å²) in [6, 6.07) is 2.03. The molecule has 0 unspecified atom stereocenters. The van der Waals surface area contributed by atoms with Crippen molar-refractivity contribution in [2.45, 2.75) is 39.5 Å². The van der Waals surface area contributed by atoms with Gasteiger partial charge in [-0.05, 0) is 26.5 Å². The number of aryl methyl sites for hydroxylation is 1. The minimum Gasteiger partial charge on any atom is -0.294 e. The standard InChI is InChI=1S/C15H23N5O2S2/c1-3-24(21,22)19-6-4-7-20-14(11-19)9-13(17-20)10-18(2)12-15-16-5-8-23-15/h5,8-9H,3-4,6-7,10-12H2,1-2H3. The first-order chi connectivity index (χ1) is 11.5. The summed E-state index contributed by atoms with van der Waals surface area (Å²) in [5, 5.41) is 7.72. The highest BCUT2D eigenvalue weighted by Gasteiger charge is 2.24. The number of hydrogen-bond donors (Lipinski definition) is 0. The molecule has 9 heteroatoms. The van der Waals surface area contributed by atoms with Gasteiger partial charge in [0.2, 0.25) is 10.0 Å². The molecule has 0 bridgehead atoms. The first-order valence-electron chi connectivity index (χ1n) is 8.08. The Kier molecular flexibility index (Phi) is 5.33. The fourth-order valence-electron chi connectivity index (χ4n) is 2.88. The molecule has 132 valence electrons. The van der Waals surface area contributed by atoms with Crippen LogP contribution in [-0.4, -0.2) is 51.7 Å². The smallest absolute Gasteiger partial charge is 0.214 e. The topological polar surface area (TPSA) is 71.3 Å². The van der Waals surface area contributed by atoms with Crippen LogP contribution in [0.3, 0.4) is 0 Å². The van der Waals surface area contributed by atoms with Gasteiger partial charge in [0.25, 0.3) is 0 Å². The Morgan fingerprint density at radius 3 is 2.88 bits per heavy atom. The third-order valence-corrected chi connectivity index (χ3v) is 6.70. The Morgan fingerprint density at radius 2 is 2.17 bits per heavy atom. The number of nitrogens with zero attached hydrogens (tertiary/aromatic N) is 5. The van der Waals surface area contributed by atoms with E-state index in [1.54, 1.807) is 22.6 Å². The average Bonchev–Trinajstić information content (AvgIpc) is 3.12. The molecule has 1 aliphatic heterocycles. The van der Waals surface area contributed by atoms with Gasteiger partial charge in [0.05, 0.1) is 30.2 Å². The summed E-state index contributed by atoms with van der Waals surface area (Å²) in [5.41, 5.74) is 1.95. The molecule has 2 aromatic heterocycles. The Morgan fingerprint density at radius 1 is 1.33 bits per heavy atom. The number of thiazole rings is 1. The van der Waals surface area contributed by atoms with Gasteiger partial charge in [-0.2, -0.15) is 9.40 Å². The fraction of sp³-hybridized carbons (Fsp3) is 0.600. The molecule has 0 spiro atoms. The van der Waals surface area contributed by atoms with E-state index in [9.17, 15) is 8.42 Å². The highest BCUT2D eigenvalue weighted by atomic mass is 32.2. The van der Waals surface area contributed by atoms with Crippen molar-refractivity contribution >= 4 is 21.4 Å². The van der Waals surface area contributed by atoms with Crippen LogP contribution < -0.4 is 0 Å². The predicted octanol–water partition coefficient (Wildman–Crippen LogP) is 1.53. The van der Waals surface area contributed by atoms with Crippen LogP contribution in [0.5, 0.6) is 0 Å². The van der Waals surface area contributed by atoms with Crippen molar-refractivity contribution in [3.63, 3.8) is 0 Å². The van der Waals surface area contributed by atoms with E-state index in [-0.39, 0.29) is 5.75 Å². The monoisotopic (exact) mass is 369 g/mol. The molecule has 0 atom stereocenters. The third kappa shape index (κ3) is 4.02. The van der Waals surface area contributed by atoms with E-state index in [0.29, 0.717) is 13.1 Å². The normalized spacial score (nSPS) is 16.3. The Bertz CT molecular complexity index is 770. The maximum absolute atomic E-state index is 12.2. The summed E-state index contributed by atoms with van der Waals surface area (Å²) in [6.45, 7) is 4.95. The first-order valence-corrected chi connectivity index (χ1v) is 10.6. The van der Waals surface area contributed by atoms with Crippen molar-refractivity contribution in [3.8, 4) is 0 Å². The average molecular weight is 370 g/mol. The zero-order chi connectivity index (χ0) is 17.2. The van der Waals surface area contributed by atoms with E-state index in [0.717, 1.165) is 42.5 Å². The number of aromatic nitrogens is 3. The minimum atomic E-state index is -3.16. The van der Waals surface area contributed by atoms with Gasteiger partial charge in [-0.3, -0.25) is 9.58 Å². The molecule has 0 radical (unpaired) electrons. The van der Waals surface area contributed by atoms with Gasteiger partial charge in [-0.25, -0.2) is 13.4 Å². The summed E-state index contributed by atoms with van der Waals surface area (Å²) >= 11 is 1.65. The van der Waals surface area contributed by atoms with Gasteiger partial charge in [-0.1, -0.05) is 0 Å². The van der Waals surface area contributed by atoms with E-state index in [1.165, 1.54) is 0 Å². The van der Waals surface area contributed by atoms with E-state index in [4.69, 9.17) is 0 Å². The van der Waals surface area contributed by atoms with E-state index in [1.807, 2.05) is 29.4 Å². The van der Waals surface area contributed by atoms with Crippen molar-refractivity contribution in [1.29, 1.82) is 0 Å². The van der Waals surface area contributed by atoms with Crippen molar-refractivity contribution in [3.05, 3.63) is 34.0 Å². The summed E-state index contributed by atoms with van der Waals surface area (Å²) in [6.07, 6.45) is 2.61. The Balaban J connectivity index is 1.69. The van der Waals surface area contributed by atoms with Gasteiger partial charge in [-0.15, -0.1) is 11.3 Å². The minimum absolute atomic E-state index is 0.143. The molecular weight excluding hydrogens is 346 g/mol. The molecule has 1 aliphatic rings. The number of rotatable bonds is 6. The van der Waals surface area contributed by atoms with Crippen LogP contribution in [0.15, 0.2) is 17.6 Å². The molecule has 7 nitrogen and oxygen atoms in total. The lowest BCUT2D eigenvalue weighted by molar-refractivity contribution is 0.312. The molecule has 0 saturated heterocycles. The van der Waals surface area contributed by atoms with Gasteiger partial charge < -0.3 is 0 Å². The number of fused-ring (bicyclic) bond motifs is 1. The van der Waals surface area contributed by atoms with Crippen LogP contribution >= 0.6 is 11.3 Å². The lowest BCUT2D eigenvalue weighted by atomic mass is 10.3. The lowest BCUT2D eigenvalue weighted by Gasteiger charge is -2.18. The summed E-state index contributed by atoms with van der Waals surface area (Å²) < 4.78 is 27.9. The van der Waals surface area contributed by atoms with Crippen molar-refractivity contribution in [1.82, 2.24) is 24.0 Å². The van der Waals surface area contributed by atoms with Gasteiger partial charge in [0.1, 0.15) is 5.01 Å². The second-order valence-electron chi connectivity index (χ2n) is 6.04. The van der Waals surface area contributed by atoms with Crippen LogP contribution in [0.1, 0.15) is 29.7 Å². The summed E-state index contributed by atoms with van der Waals surface area (Å²) in [4.78, 5) is 6.47. The first kappa shape index (κ1) is 17.5. The number of hydrogen-bond acceptors (Lipinski definition) is 6.